The molecular formula is C11H14N4O. The van der Waals surface area contributed by atoms with Crippen LogP contribution in [0, 0.1) is 6.92 Å². The van der Waals surface area contributed by atoms with Crippen LogP contribution in [0.4, 0.5) is 0 Å². The Kier molecular flexibility index (Phi) is 2.98. The summed E-state index contributed by atoms with van der Waals surface area (Å²) >= 11 is 0. The number of aromatic nitrogens is 3. The van der Waals surface area contributed by atoms with E-state index in [9.17, 15) is 0 Å². The Morgan fingerprint density at radius 3 is 2.88 bits per heavy atom. The lowest BCUT2D eigenvalue weighted by Crippen LogP contribution is -2.18. The van der Waals surface area contributed by atoms with Crippen molar-refractivity contribution in [2.45, 2.75) is 13.0 Å². The molecule has 0 radical (unpaired) electrons. The molecule has 0 spiro atoms. The summed E-state index contributed by atoms with van der Waals surface area (Å²) < 4.78 is 1.83. The Bertz CT molecular complexity index is 480. The lowest BCUT2D eigenvalue weighted by Gasteiger charge is -2.12. The van der Waals surface area contributed by atoms with Crippen molar-refractivity contribution in [3.63, 3.8) is 0 Å². The third-order valence-electron chi connectivity index (χ3n) is 2.38. The molecule has 0 saturated carbocycles. The molecule has 0 fully saturated rings. The predicted molar refractivity (Wildman–Crippen MR) is 60.1 cm³/mol. The fourth-order valence-corrected chi connectivity index (χ4v) is 1.56. The number of rotatable bonds is 3. The van der Waals surface area contributed by atoms with Gasteiger partial charge in [-0.2, -0.15) is 0 Å². The van der Waals surface area contributed by atoms with E-state index < -0.39 is 6.04 Å². The number of hydrogen-bond acceptors (Lipinski definition) is 4. The van der Waals surface area contributed by atoms with E-state index in [4.69, 9.17) is 10.8 Å². The highest BCUT2D eigenvalue weighted by molar-refractivity contribution is 5.34. The van der Waals surface area contributed by atoms with E-state index in [1.54, 1.807) is 24.9 Å². The number of imidazole rings is 1. The molecule has 0 amide bonds. The van der Waals surface area contributed by atoms with E-state index in [1.165, 1.54) is 0 Å². The maximum Gasteiger partial charge on any atom is 0.0995 e. The zero-order valence-electron chi connectivity index (χ0n) is 9.04. The first kappa shape index (κ1) is 10.8. The van der Waals surface area contributed by atoms with Gasteiger partial charge in [-0.1, -0.05) is 0 Å². The van der Waals surface area contributed by atoms with Crippen LogP contribution >= 0.6 is 0 Å². The molecule has 16 heavy (non-hydrogen) atoms. The minimum Gasteiger partial charge on any atom is -0.394 e. The third kappa shape index (κ3) is 1.95. The number of hydrogen-bond donors (Lipinski definition) is 2. The van der Waals surface area contributed by atoms with Gasteiger partial charge in [-0.05, 0) is 18.6 Å². The molecular weight excluding hydrogens is 204 g/mol. The summed E-state index contributed by atoms with van der Waals surface area (Å²) in [5, 5.41) is 9.05. The predicted octanol–water partition coefficient (Wildman–Crippen LogP) is 0.568. The van der Waals surface area contributed by atoms with Gasteiger partial charge >= 0.3 is 0 Å². The van der Waals surface area contributed by atoms with Crippen LogP contribution in [0.5, 0.6) is 0 Å². The zero-order chi connectivity index (χ0) is 11.5. The van der Waals surface area contributed by atoms with Gasteiger partial charge in [0.1, 0.15) is 0 Å². The molecule has 2 aromatic rings. The van der Waals surface area contributed by atoms with Crippen molar-refractivity contribution in [1.29, 1.82) is 0 Å². The van der Waals surface area contributed by atoms with Crippen molar-refractivity contribution in [2.75, 3.05) is 6.61 Å². The van der Waals surface area contributed by atoms with E-state index in [0.29, 0.717) is 0 Å². The number of pyridine rings is 1. The van der Waals surface area contributed by atoms with Crippen molar-refractivity contribution < 1.29 is 5.11 Å². The van der Waals surface area contributed by atoms with E-state index >= 15 is 0 Å². The first-order chi connectivity index (χ1) is 7.72. The SMILES string of the molecule is Cc1cncc(-n2cncc2C(N)CO)c1. The van der Waals surface area contributed by atoms with Crippen LogP contribution in [0.2, 0.25) is 0 Å². The topological polar surface area (TPSA) is 77.0 Å². The summed E-state index contributed by atoms with van der Waals surface area (Å²) in [6, 6.07) is 1.56. The van der Waals surface area contributed by atoms with Crippen LogP contribution in [-0.4, -0.2) is 26.2 Å². The lowest BCUT2D eigenvalue weighted by molar-refractivity contribution is 0.265. The van der Waals surface area contributed by atoms with Gasteiger partial charge in [-0.25, -0.2) is 4.98 Å². The standard InChI is InChI=1S/C11H14N4O/c1-8-2-9(4-13-3-8)15-7-14-5-11(15)10(12)6-16/h2-5,7,10,16H,6,12H2,1H3. The van der Waals surface area contributed by atoms with Gasteiger partial charge in [0, 0.05) is 6.20 Å². The second kappa shape index (κ2) is 4.42. The van der Waals surface area contributed by atoms with Crippen LogP contribution < -0.4 is 5.73 Å². The highest BCUT2D eigenvalue weighted by Gasteiger charge is 2.11. The van der Waals surface area contributed by atoms with Gasteiger partial charge in [0.25, 0.3) is 0 Å². The minimum absolute atomic E-state index is 0.106. The van der Waals surface area contributed by atoms with Gasteiger partial charge in [-0.15, -0.1) is 0 Å². The normalized spacial score (nSPS) is 12.7. The molecule has 1 atom stereocenters. The molecule has 0 aliphatic heterocycles. The number of aliphatic hydroxyl groups excluding tert-OH is 1. The van der Waals surface area contributed by atoms with Crippen molar-refractivity contribution >= 4 is 0 Å². The number of nitrogens with two attached hydrogens (primary N) is 1. The molecule has 84 valence electrons. The molecule has 3 N–H and O–H groups in total. The molecule has 0 aliphatic carbocycles. The maximum atomic E-state index is 9.05. The van der Waals surface area contributed by atoms with Crippen LogP contribution in [0.3, 0.4) is 0 Å². The van der Waals surface area contributed by atoms with Crippen LogP contribution in [0.25, 0.3) is 5.69 Å². The molecule has 5 heteroatoms. The largest absolute Gasteiger partial charge is 0.394 e. The smallest absolute Gasteiger partial charge is 0.0995 e. The summed E-state index contributed by atoms with van der Waals surface area (Å²) in [5.74, 6) is 0. The molecule has 2 rings (SSSR count). The van der Waals surface area contributed by atoms with E-state index in [-0.39, 0.29) is 6.61 Å². The fraction of sp³-hybridized carbons (Fsp3) is 0.273. The Morgan fingerprint density at radius 1 is 1.38 bits per heavy atom. The molecule has 2 aromatic heterocycles. The second-order valence-corrected chi connectivity index (χ2v) is 3.70. The third-order valence-corrected chi connectivity index (χ3v) is 2.38. The molecule has 1 unspecified atom stereocenters. The van der Waals surface area contributed by atoms with Crippen molar-refractivity contribution in [2.24, 2.45) is 5.73 Å². The fourth-order valence-electron chi connectivity index (χ4n) is 1.56. The van der Waals surface area contributed by atoms with Crippen LogP contribution in [0.15, 0.2) is 31.0 Å². The summed E-state index contributed by atoms with van der Waals surface area (Å²) in [4.78, 5) is 8.16. The second-order valence-electron chi connectivity index (χ2n) is 3.70. The summed E-state index contributed by atoms with van der Waals surface area (Å²) in [7, 11) is 0. The minimum atomic E-state index is -0.428. The highest BCUT2D eigenvalue weighted by Crippen LogP contribution is 2.15. The number of nitrogens with zero attached hydrogens (tertiary/aromatic N) is 3. The molecule has 0 aromatic carbocycles. The average Bonchev–Trinajstić information content (AvgIpc) is 2.77. The lowest BCUT2D eigenvalue weighted by atomic mass is 10.2. The van der Waals surface area contributed by atoms with Crippen molar-refractivity contribution in [1.82, 2.24) is 14.5 Å². The van der Waals surface area contributed by atoms with Gasteiger partial charge < -0.3 is 15.4 Å². The van der Waals surface area contributed by atoms with E-state index in [2.05, 4.69) is 9.97 Å². The summed E-state index contributed by atoms with van der Waals surface area (Å²) in [6.45, 7) is 1.87. The first-order valence-electron chi connectivity index (χ1n) is 5.03. The quantitative estimate of drug-likeness (QED) is 0.789. The number of aliphatic hydroxyl groups is 1. The van der Waals surface area contributed by atoms with Crippen LogP contribution in [0.1, 0.15) is 17.3 Å². The highest BCUT2D eigenvalue weighted by atomic mass is 16.3. The number of aryl methyl sites for hydroxylation is 1. The van der Waals surface area contributed by atoms with Gasteiger partial charge in [0.05, 0.1) is 42.8 Å². The van der Waals surface area contributed by atoms with Crippen LogP contribution in [-0.2, 0) is 0 Å². The Hall–Kier alpha value is -1.72. The average molecular weight is 218 g/mol. The monoisotopic (exact) mass is 218 g/mol. The Morgan fingerprint density at radius 2 is 2.19 bits per heavy atom. The molecule has 0 saturated heterocycles. The van der Waals surface area contributed by atoms with Gasteiger partial charge in [0.15, 0.2) is 0 Å². The van der Waals surface area contributed by atoms with E-state index in [0.717, 1.165) is 16.9 Å². The Labute approximate surface area is 93.6 Å². The zero-order valence-corrected chi connectivity index (χ0v) is 9.04. The first-order valence-corrected chi connectivity index (χ1v) is 5.03. The van der Waals surface area contributed by atoms with E-state index in [1.807, 2.05) is 17.6 Å². The molecule has 0 bridgehead atoms. The maximum absolute atomic E-state index is 9.05. The Balaban J connectivity index is 2.44. The molecule has 0 aliphatic rings. The summed E-state index contributed by atoms with van der Waals surface area (Å²) in [5.41, 5.74) is 8.52. The van der Waals surface area contributed by atoms with Crippen molar-refractivity contribution in [3.05, 3.63) is 42.2 Å². The molecule has 2 heterocycles. The van der Waals surface area contributed by atoms with Gasteiger partial charge in [0.2, 0.25) is 0 Å². The molecule has 5 nitrogen and oxygen atoms in total. The van der Waals surface area contributed by atoms with Gasteiger partial charge in [-0.3, -0.25) is 4.98 Å². The summed E-state index contributed by atoms with van der Waals surface area (Å²) in [6.07, 6.45) is 6.85. The van der Waals surface area contributed by atoms with Crippen molar-refractivity contribution in [3.8, 4) is 5.69 Å².